The first-order valence-corrected chi connectivity index (χ1v) is 8.02. The van der Waals surface area contributed by atoms with Crippen LogP contribution in [0.1, 0.15) is 61.3 Å². The van der Waals surface area contributed by atoms with Crippen LogP contribution in [-0.4, -0.2) is 0 Å². The van der Waals surface area contributed by atoms with Gasteiger partial charge in [0.05, 0.1) is 0 Å². The lowest BCUT2D eigenvalue weighted by Crippen LogP contribution is -2.11. The highest BCUT2D eigenvalue weighted by atomic mass is 14.5. The van der Waals surface area contributed by atoms with Crippen LogP contribution in [0.3, 0.4) is 0 Å². The summed E-state index contributed by atoms with van der Waals surface area (Å²) in [6.07, 6.45) is 10.2. The first-order chi connectivity index (χ1) is 9.64. The van der Waals surface area contributed by atoms with Gasteiger partial charge in [-0.2, -0.15) is 0 Å². The van der Waals surface area contributed by atoms with E-state index < -0.39 is 0 Å². The molecule has 0 spiro atoms. The Kier molecular flexibility index (Phi) is 8.39. The third-order valence-electron chi connectivity index (χ3n) is 4.68. The van der Waals surface area contributed by atoms with Crippen molar-refractivity contribution in [3.05, 3.63) is 47.7 Å². The summed E-state index contributed by atoms with van der Waals surface area (Å²) in [6.45, 7) is 19.5. The van der Waals surface area contributed by atoms with E-state index in [1.807, 2.05) is 6.08 Å². The Morgan fingerprint density at radius 3 is 2.19 bits per heavy atom. The topological polar surface area (TPSA) is 26.0 Å². The van der Waals surface area contributed by atoms with E-state index in [9.17, 15) is 0 Å². The van der Waals surface area contributed by atoms with Crippen LogP contribution in [0.2, 0.25) is 0 Å². The summed E-state index contributed by atoms with van der Waals surface area (Å²) in [5, 5.41) is 0. The molecule has 0 aromatic rings. The molecule has 0 aliphatic carbocycles. The maximum absolute atomic E-state index is 5.77. The molecule has 1 nitrogen and oxygen atoms in total. The molecule has 0 heterocycles. The molecule has 120 valence electrons. The first kappa shape index (κ1) is 19.8. The van der Waals surface area contributed by atoms with Crippen molar-refractivity contribution in [3.8, 4) is 0 Å². The van der Waals surface area contributed by atoms with Gasteiger partial charge in [-0.1, -0.05) is 57.1 Å². The van der Waals surface area contributed by atoms with E-state index in [4.69, 9.17) is 5.73 Å². The number of rotatable bonds is 8. The van der Waals surface area contributed by atoms with Gasteiger partial charge in [0.25, 0.3) is 0 Å². The molecule has 0 aromatic heterocycles. The molecule has 0 amide bonds. The van der Waals surface area contributed by atoms with Crippen LogP contribution < -0.4 is 5.73 Å². The Labute approximate surface area is 132 Å². The van der Waals surface area contributed by atoms with Crippen LogP contribution in [0.5, 0.6) is 0 Å². The average molecular weight is 290 g/mol. The second-order valence-electron chi connectivity index (χ2n) is 7.09. The molecule has 0 saturated heterocycles. The quantitative estimate of drug-likeness (QED) is 0.430. The maximum Gasteiger partial charge on any atom is 0.000495 e. The van der Waals surface area contributed by atoms with Crippen molar-refractivity contribution >= 4 is 0 Å². The summed E-state index contributed by atoms with van der Waals surface area (Å²) >= 11 is 0. The maximum atomic E-state index is 5.77. The van der Waals surface area contributed by atoms with Crippen molar-refractivity contribution in [1.82, 2.24) is 0 Å². The molecule has 0 aromatic carbocycles. The van der Waals surface area contributed by atoms with Gasteiger partial charge in [-0.25, -0.2) is 0 Å². The van der Waals surface area contributed by atoms with Crippen LogP contribution >= 0.6 is 0 Å². The minimum absolute atomic E-state index is 0.0197. The molecule has 0 radical (unpaired) electrons. The van der Waals surface area contributed by atoms with E-state index in [-0.39, 0.29) is 5.41 Å². The normalized spacial score (nSPS) is 15.9. The molecule has 2 atom stereocenters. The second kappa shape index (κ2) is 8.92. The fourth-order valence-corrected chi connectivity index (χ4v) is 2.14. The van der Waals surface area contributed by atoms with E-state index >= 15 is 0 Å². The summed E-state index contributed by atoms with van der Waals surface area (Å²) in [7, 11) is 0. The highest BCUT2D eigenvalue weighted by Gasteiger charge is 2.15. The van der Waals surface area contributed by atoms with Gasteiger partial charge >= 0.3 is 0 Å². The number of allylic oxidation sites excluding steroid dienone is 6. The Balaban J connectivity index is 4.62. The van der Waals surface area contributed by atoms with Crippen molar-refractivity contribution in [3.63, 3.8) is 0 Å². The Morgan fingerprint density at radius 2 is 1.76 bits per heavy atom. The van der Waals surface area contributed by atoms with Gasteiger partial charge in [-0.3, -0.25) is 0 Å². The summed E-state index contributed by atoms with van der Waals surface area (Å²) in [4.78, 5) is 0. The number of hydrogen-bond acceptors (Lipinski definition) is 1. The molecular weight excluding hydrogens is 254 g/mol. The highest BCUT2D eigenvalue weighted by molar-refractivity contribution is 5.21. The van der Waals surface area contributed by atoms with Gasteiger partial charge < -0.3 is 5.73 Å². The van der Waals surface area contributed by atoms with Crippen molar-refractivity contribution in [2.45, 2.75) is 61.3 Å². The highest BCUT2D eigenvalue weighted by Crippen LogP contribution is 2.28. The van der Waals surface area contributed by atoms with E-state index in [2.05, 4.69) is 67.2 Å². The SMILES string of the molecule is C=CC(C)(C)/C=C\C(=C/N)CCC(C)C(C)C(C)=C(C)C. The van der Waals surface area contributed by atoms with E-state index in [1.54, 1.807) is 6.20 Å². The predicted molar refractivity (Wildman–Crippen MR) is 97.0 cm³/mol. The van der Waals surface area contributed by atoms with Crippen molar-refractivity contribution < 1.29 is 0 Å². The summed E-state index contributed by atoms with van der Waals surface area (Å²) < 4.78 is 0. The Bertz CT molecular complexity index is 417. The van der Waals surface area contributed by atoms with Crippen LogP contribution in [0.4, 0.5) is 0 Å². The summed E-state index contributed by atoms with van der Waals surface area (Å²) in [6, 6.07) is 0. The molecule has 0 bridgehead atoms. The smallest absolute Gasteiger partial charge is 0.000495 e. The van der Waals surface area contributed by atoms with Gasteiger partial charge in [0.1, 0.15) is 0 Å². The third-order valence-corrected chi connectivity index (χ3v) is 4.68. The first-order valence-electron chi connectivity index (χ1n) is 8.02. The zero-order chi connectivity index (χ0) is 16.6. The lowest BCUT2D eigenvalue weighted by atomic mass is 9.83. The zero-order valence-corrected chi connectivity index (χ0v) is 15.2. The largest absolute Gasteiger partial charge is 0.404 e. The molecule has 0 aliphatic rings. The van der Waals surface area contributed by atoms with E-state index in [0.29, 0.717) is 11.8 Å². The fourth-order valence-electron chi connectivity index (χ4n) is 2.14. The average Bonchev–Trinajstić information content (AvgIpc) is 2.45. The van der Waals surface area contributed by atoms with Crippen LogP contribution in [0, 0.1) is 17.3 Å². The fraction of sp³-hybridized carbons (Fsp3) is 0.600. The minimum atomic E-state index is 0.0197. The summed E-state index contributed by atoms with van der Waals surface area (Å²) in [5.74, 6) is 1.29. The monoisotopic (exact) mass is 289 g/mol. The third kappa shape index (κ3) is 7.36. The van der Waals surface area contributed by atoms with Crippen LogP contribution in [-0.2, 0) is 0 Å². The zero-order valence-electron chi connectivity index (χ0n) is 15.2. The number of nitrogens with two attached hydrogens (primary N) is 1. The molecule has 0 rings (SSSR count). The molecule has 2 N–H and O–H groups in total. The second-order valence-corrected chi connectivity index (χ2v) is 7.09. The molecule has 0 aliphatic heterocycles. The van der Waals surface area contributed by atoms with Gasteiger partial charge in [-0.05, 0) is 57.2 Å². The predicted octanol–water partition coefficient (Wildman–Crippen LogP) is 6.01. The van der Waals surface area contributed by atoms with Crippen LogP contribution in [0.25, 0.3) is 0 Å². The van der Waals surface area contributed by atoms with Crippen LogP contribution in [0.15, 0.2) is 47.7 Å². The molecule has 0 fully saturated rings. The number of hydrogen-bond donors (Lipinski definition) is 1. The molecule has 21 heavy (non-hydrogen) atoms. The Morgan fingerprint density at radius 1 is 1.19 bits per heavy atom. The summed E-state index contributed by atoms with van der Waals surface area (Å²) in [5.41, 5.74) is 9.95. The van der Waals surface area contributed by atoms with E-state index in [0.717, 1.165) is 12.8 Å². The van der Waals surface area contributed by atoms with Crippen molar-refractivity contribution in [2.75, 3.05) is 0 Å². The lowest BCUT2D eigenvalue weighted by molar-refractivity contribution is 0.409. The molecule has 1 heteroatoms. The van der Waals surface area contributed by atoms with Gasteiger partial charge in [0.2, 0.25) is 0 Å². The molecular formula is C20H35N. The van der Waals surface area contributed by atoms with Crippen molar-refractivity contribution in [1.29, 1.82) is 0 Å². The standard InChI is InChI=1S/C20H35N/c1-9-20(7,8)13-12-19(14-21)11-10-16(4)18(6)17(5)15(2)3/h9,12-14,16,18H,1,10-11,21H2,2-8H3/b13-12-,19-14-. The lowest BCUT2D eigenvalue weighted by Gasteiger charge is -2.22. The van der Waals surface area contributed by atoms with Gasteiger partial charge in [-0.15, -0.1) is 6.58 Å². The van der Waals surface area contributed by atoms with Gasteiger partial charge in [0, 0.05) is 5.41 Å². The van der Waals surface area contributed by atoms with E-state index in [1.165, 1.54) is 16.7 Å². The Hall–Kier alpha value is -1.24. The van der Waals surface area contributed by atoms with Crippen molar-refractivity contribution in [2.24, 2.45) is 23.0 Å². The van der Waals surface area contributed by atoms with Gasteiger partial charge in [0.15, 0.2) is 0 Å². The minimum Gasteiger partial charge on any atom is -0.404 e. The molecule has 2 unspecified atom stereocenters. The molecule has 0 saturated carbocycles.